The van der Waals surface area contributed by atoms with Gasteiger partial charge < -0.3 is 25.1 Å². The van der Waals surface area contributed by atoms with Crippen LogP contribution in [-0.4, -0.2) is 81.6 Å². The predicted molar refractivity (Wildman–Crippen MR) is 204 cm³/mol. The number of aromatic nitrogens is 3. The third-order valence-corrected chi connectivity index (χ3v) is 11.6. The molecular weight excluding hydrogens is 705 g/mol. The van der Waals surface area contributed by atoms with Crippen LogP contribution < -0.4 is 10.6 Å². The highest BCUT2D eigenvalue weighted by atomic mass is 35.5. The molecule has 1 saturated carbocycles. The van der Waals surface area contributed by atoms with E-state index in [9.17, 15) is 9.59 Å². The van der Waals surface area contributed by atoms with Crippen molar-refractivity contribution in [2.75, 3.05) is 27.2 Å². The number of hydrogen-bond donors (Lipinski definition) is 3. The van der Waals surface area contributed by atoms with Crippen molar-refractivity contribution in [3.8, 4) is 22.5 Å². The largest absolute Gasteiger partial charge is 0.350 e. The van der Waals surface area contributed by atoms with Gasteiger partial charge in [0.2, 0.25) is 0 Å². The van der Waals surface area contributed by atoms with Gasteiger partial charge in [0.1, 0.15) is 5.69 Å². The second kappa shape index (κ2) is 13.8. The summed E-state index contributed by atoms with van der Waals surface area (Å²) in [6.07, 6.45) is 7.72. The summed E-state index contributed by atoms with van der Waals surface area (Å²) in [5.74, 6) is -0.150. The normalized spacial score (nSPS) is 20.6. The van der Waals surface area contributed by atoms with Gasteiger partial charge in [-0.05, 0) is 61.1 Å². The van der Waals surface area contributed by atoms with Gasteiger partial charge in [0.15, 0.2) is 0 Å². The smallest absolute Gasteiger partial charge is 0.317 e. The van der Waals surface area contributed by atoms with Crippen LogP contribution in [0.25, 0.3) is 33.4 Å². The molecule has 2 fully saturated rings. The van der Waals surface area contributed by atoms with Gasteiger partial charge in [0.25, 0.3) is 5.91 Å². The molecule has 8 rings (SSSR count). The van der Waals surface area contributed by atoms with E-state index in [4.69, 9.17) is 39.8 Å². The average Bonchev–Trinajstić information content (AvgIpc) is 3.73. The minimum Gasteiger partial charge on any atom is -0.350 e. The maximum atomic E-state index is 14.7. The molecule has 51 heavy (non-hydrogen) atoms. The molecule has 3 amide bonds. The van der Waals surface area contributed by atoms with Gasteiger partial charge in [-0.2, -0.15) is 0 Å². The van der Waals surface area contributed by atoms with Gasteiger partial charge in [-0.1, -0.05) is 84.0 Å². The average molecular weight is 745 g/mol. The van der Waals surface area contributed by atoms with Crippen LogP contribution in [0.4, 0.5) is 4.79 Å². The highest BCUT2D eigenvalue weighted by molar-refractivity contribution is 6.35. The molecule has 3 aliphatic rings. The molecule has 2 aromatic heterocycles. The second-order valence-electron chi connectivity index (χ2n) is 14.2. The summed E-state index contributed by atoms with van der Waals surface area (Å²) in [4.78, 5) is 39.5. The van der Waals surface area contributed by atoms with Crippen molar-refractivity contribution < 1.29 is 9.59 Å². The van der Waals surface area contributed by atoms with Crippen molar-refractivity contribution in [1.29, 1.82) is 0 Å². The first kappa shape index (κ1) is 34.1. The number of piperidine rings is 1. The monoisotopic (exact) mass is 743 g/mol. The van der Waals surface area contributed by atoms with E-state index in [2.05, 4.69) is 25.1 Å². The predicted octanol–water partition coefficient (Wildman–Crippen LogP) is 8.39. The van der Waals surface area contributed by atoms with Crippen LogP contribution in [0.2, 0.25) is 15.1 Å². The number of nitrogens with zero attached hydrogens (tertiary/aromatic N) is 4. The summed E-state index contributed by atoms with van der Waals surface area (Å²) in [5.41, 5.74) is 6.42. The Kier molecular flexibility index (Phi) is 9.25. The first-order chi connectivity index (χ1) is 24.7. The van der Waals surface area contributed by atoms with E-state index < -0.39 is 0 Å². The minimum atomic E-state index is -0.358. The van der Waals surface area contributed by atoms with E-state index in [1.807, 2.05) is 60.9 Å². The lowest BCUT2D eigenvalue weighted by molar-refractivity contribution is 0.0740. The fourth-order valence-electron chi connectivity index (χ4n) is 8.39. The molecule has 1 aliphatic carbocycles. The number of imidazole rings is 1. The zero-order valence-electron chi connectivity index (χ0n) is 28.6. The zero-order chi connectivity index (χ0) is 35.4. The Morgan fingerprint density at radius 1 is 0.882 bits per heavy atom. The van der Waals surface area contributed by atoms with Gasteiger partial charge in [-0.25, -0.2) is 9.78 Å². The second-order valence-corrected chi connectivity index (χ2v) is 15.4. The van der Waals surface area contributed by atoms with Gasteiger partial charge in [0, 0.05) is 82.4 Å². The van der Waals surface area contributed by atoms with E-state index in [0.717, 1.165) is 96.2 Å². The number of carbonyl (C=O) groups is 2. The number of benzene rings is 3. The Balaban J connectivity index is 1.18. The molecule has 9 nitrogen and oxygen atoms in total. The first-order valence-corrected chi connectivity index (χ1v) is 18.8. The third kappa shape index (κ3) is 6.28. The maximum Gasteiger partial charge on any atom is 0.317 e. The van der Waals surface area contributed by atoms with Crippen molar-refractivity contribution in [2.45, 2.75) is 62.7 Å². The number of aromatic amines is 1. The fourth-order valence-corrected chi connectivity index (χ4v) is 9.13. The van der Waals surface area contributed by atoms with E-state index in [1.54, 1.807) is 25.1 Å². The van der Waals surface area contributed by atoms with Crippen LogP contribution in [0, 0.1) is 0 Å². The molecule has 3 atom stereocenters. The number of H-pyrrole nitrogens is 1. The Labute approximate surface area is 312 Å². The topological polar surface area (TPSA) is 98.3 Å². The van der Waals surface area contributed by atoms with E-state index in [0.29, 0.717) is 20.8 Å². The van der Waals surface area contributed by atoms with Crippen LogP contribution in [0.1, 0.15) is 66.2 Å². The van der Waals surface area contributed by atoms with Crippen LogP contribution in [-0.2, 0) is 0 Å². The molecule has 3 N–H and O–H groups in total. The number of carbonyl (C=O) groups excluding carboxylic acids is 2. The Hall–Kier alpha value is -4.02. The Morgan fingerprint density at radius 3 is 2.39 bits per heavy atom. The number of urea groups is 1. The summed E-state index contributed by atoms with van der Waals surface area (Å²) in [6, 6.07) is 19.4. The summed E-state index contributed by atoms with van der Waals surface area (Å²) < 4.78 is 2.11. The summed E-state index contributed by atoms with van der Waals surface area (Å²) in [6.45, 7) is 1.76. The van der Waals surface area contributed by atoms with Crippen molar-refractivity contribution in [3.63, 3.8) is 0 Å². The lowest BCUT2D eigenvalue weighted by Crippen LogP contribution is -2.57. The molecule has 4 heterocycles. The standard InChI is InChI=1S/C39H40Cl3N7O2/c1-47(2)39(51)44-25-14-16-48(17-15-25)31-11-7-6-10-29(31)46-38(50)35-33-32-27(18-24(41)20-30(32)45-35)36(26-13-12-23(40)19-28(26)42)49-21-43-34(37(33)49)22-8-4-3-5-9-22/h3-5,8-9,12-13,18-21,25,29,31,36,45H,6-7,10-11,14-17H2,1-2H3,(H,44,51)(H,46,50). The maximum absolute atomic E-state index is 14.7. The molecular formula is C39H40Cl3N7O2. The highest BCUT2D eigenvalue weighted by Gasteiger charge is 2.39. The van der Waals surface area contributed by atoms with Crippen molar-refractivity contribution in [3.05, 3.63) is 98.9 Å². The highest BCUT2D eigenvalue weighted by Crippen LogP contribution is 2.50. The molecule has 3 unspecified atom stereocenters. The van der Waals surface area contributed by atoms with Crippen LogP contribution in [0.3, 0.4) is 0 Å². The minimum absolute atomic E-state index is 0.0106. The number of fused-ring (bicyclic) bond motifs is 2. The van der Waals surface area contributed by atoms with E-state index in [-0.39, 0.29) is 36.1 Å². The van der Waals surface area contributed by atoms with E-state index in [1.165, 1.54) is 0 Å². The number of amides is 3. The molecule has 5 aromatic rings. The number of halogens is 3. The van der Waals surface area contributed by atoms with Crippen LogP contribution in [0.5, 0.6) is 0 Å². The van der Waals surface area contributed by atoms with Crippen molar-refractivity contribution in [2.24, 2.45) is 0 Å². The number of likely N-dealkylation sites (tertiary alicyclic amines) is 1. The Morgan fingerprint density at radius 2 is 1.65 bits per heavy atom. The quantitative estimate of drug-likeness (QED) is 0.160. The summed E-state index contributed by atoms with van der Waals surface area (Å²) >= 11 is 20.0. The van der Waals surface area contributed by atoms with Crippen molar-refractivity contribution >= 4 is 57.6 Å². The van der Waals surface area contributed by atoms with Crippen LogP contribution in [0.15, 0.2) is 67.0 Å². The number of hydrogen-bond acceptors (Lipinski definition) is 4. The zero-order valence-corrected chi connectivity index (χ0v) is 30.8. The molecule has 264 valence electrons. The lowest BCUT2D eigenvalue weighted by atomic mass is 9.86. The molecule has 12 heteroatoms. The van der Waals surface area contributed by atoms with Gasteiger partial charge in [0.05, 0.1) is 23.8 Å². The third-order valence-electron chi connectivity index (χ3n) is 10.8. The SMILES string of the molecule is CN(C)C(=O)NC1CCN(C2CCCCC2NC(=O)c2[nH]c3cc(Cl)cc4c3c2-c2c(-c3ccccc3)ncn2C4c2ccc(Cl)cc2Cl)CC1. The van der Waals surface area contributed by atoms with Gasteiger partial charge >= 0.3 is 6.03 Å². The van der Waals surface area contributed by atoms with Gasteiger partial charge in [-0.15, -0.1) is 0 Å². The Bertz CT molecular complexity index is 2120. The fraction of sp³-hybridized carbons (Fsp3) is 0.359. The molecule has 0 radical (unpaired) electrons. The molecule has 0 bridgehead atoms. The summed E-state index contributed by atoms with van der Waals surface area (Å²) in [5, 5.41) is 9.19. The summed E-state index contributed by atoms with van der Waals surface area (Å²) in [7, 11) is 3.53. The number of nitrogens with one attached hydrogen (secondary N) is 3. The van der Waals surface area contributed by atoms with Crippen molar-refractivity contribution in [1.82, 2.24) is 35.0 Å². The number of rotatable bonds is 6. The molecule has 3 aromatic carbocycles. The molecule has 0 spiro atoms. The molecule has 1 saturated heterocycles. The molecule has 2 aliphatic heterocycles. The van der Waals surface area contributed by atoms with E-state index >= 15 is 0 Å². The van der Waals surface area contributed by atoms with Crippen LogP contribution >= 0.6 is 34.8 Å². The van der Waals surface area contributed by atoms with Gasteiger partial charge in [-0.3, -0.25) is 9.69 Å². The first-order valence-electron chi connectivity index (χ1n) is 17.6. The lowest BCUT2D eigenvalue weighted by Gasteiger charge is -2.43.